The summed E-state index contributed by atoms with van der Waals surface area (Å²) in [7, 11) is 11.2. The SMILES string of the molecule is COC1=C(OC)C2C3=C(C=C[NH+]2Cc2ccc(OC)c(O)c2)N(Cc2cc(OC)c(OC)c(OC)c2)C=CC3=C1.COc1ccc(CBr)cc1O.[Br-]. The van der Waals surface area contributed by atoms with Crippen molar-refractivity contribution < 1.29 is 65.3 Å². The van der Waals surface area contributed by atoms with Gasteiger partial charge in [-0.3, -0.25) is 4.90 Å². The van der Waals surface area contributed by atoms with E-state index in [0.717, 1.165) is 49.5 Å². The van der Waals surface area contributed by atoms with Crippen LogP contribution in [0.5, 0.6) is 40.2 Å². The molecule has 11 nitrogen and oxygen atoms in total. The number of rotatable bonds is 12. The van der Waals surface area contributed by atoms with Gasteiger partial charge in [0.1, 0.15) is 6.54 Å². The molecule has 0 fully saturated rings. The third-order valence-corrected chi connectivity index (χ3v) is 9.45. The summed E-state index contributed by atoms with van der Waals surface area (Å²) in [6.45, 7) is 1.20. The number of phenols is 2. The van der Waals surface area contributed by atoms with E-state index in [-0.39, 0.29) is 34.5 Å². The first-order chi connectivity index (χ1) is 24.7. The number of alkyl halides is 1. The molecule has 0 amide bonds. The van der Waals surface area contributed by atoms with Crippen molar-refractivity contribution in [2.75, 3.05) is 49.8 Å². The maximum atomic E-state index is 10.4. The highest BCUT2D eigenvalue weighted by Gasteiger charge is 2.43. The summed E-state index contributed by atoms with van der Waals surface area (Å²) in [6.07, 6.45) is 10.5. The number of hydrogen-bond donors (Lipinski definition) is 3. The Labute approximate surface area is 323 Å². The Bertz CT molecular complexity index is 1880. The van der Waals surface area contributed by atoms with Gasteiger partial charge in [-0.15, -0.1) is 0 Å². The number of phenolic OH excluding ortho intramolecular Hbond substituents is 2. The van der Waals surface area contributed by atoms with Crippen LogP contribution in [0.3, 0.4) is 0 Å². The second kappa shape index (κ2) is 18.2. The molecule has 3 aromatic carbocycles. The van der Waals surface area contributed by atoms with Crippen molar-refractivity contribution in [2.45, 2.75) is 24.5 Å². The van der Waals surface area contributed by atoms with Gasteiger partial charge in [0.15, 0.2) is 46.3 Å². The van der Waals surface area contributed by atoms with Crippen LogP contribution < -0.4 is 45.6 Å². The molecule has 3 N–H and O–H groups in total. The standard InChI is InChI=1S/C31H34N2O7.C8H9BrO2.BrH/c1-35-24-8-7-19(13-23(24)34)17-33-12-10-22-28-21(16-27(38-4)31(40-6)29(28)33)9-11-32(22)18-20-14-25(36-2)30(39-5)26(15-20)37-3;1-11-8-3-2-6(5-9)4-7(8)10;/h7-16,29,34H,17-18H2,1-6H3;2-4,10H,5H2,1H3;1H. The Hall–Kier alpha value is -4.72. The van der Waals surface area contributed by atoms with Gasteiger partial charge in [0.25, 0.3) is 0 Å². The van der Waals surface area contributed by atoms with E-state index in [2.05, 4.69) is 45.4 Å². The van der Waals surface area contributed by atoms with Crippen molar-refractivity contribution in [3.8, 4) is 40.2 Å². The van der Waals surface area contributed by atoms with Gasteiger partial charge >= 0.3 is 0 Å². The van der Waals surface area contributed by atoms with Crippen LogP contribution in [0.15, 0.2) is 108 Å². The second-order valence-electron chi connectivity index (χ2n) is 11.7. The van der Waals surface area contributed by atoms with E-state index in [4.69, 9.17) is 33.2 Å². The van der Waals surface area contributed by atoms with E-state index in [9.17, 15) is 10.2 Å². The number of benzene rings is 3. The maximum absolute atomic E-state index is 10.4. The summed E-state index contributed by atoms with van der Waals surface area (Å²) < 4.78 is 38.5. The number of allylic oxidation sites excluding steroid dienone is 3. The summed E-state index contributed by atoms with van der Waals surface area (Å²) >= 11 is 3.29. The molecule has 3 aliphatic rings. The van der Waals surface area contributed by atoms with E-state index < -0.39 is 0 Å². The minimum Gasteiger partial charge on any atom is -1.00 e. The third kappa shape index (κ3) is 8.32. The fourth-order valence-electron chi connectivity index (χ4n) is 6.39. The predicted octanol–water partition coefficient (Wildman–Crippen LogP) is 2.74. The first kappa shape index (κ1) is 40.1. The molecule has 2 aliphatic heterocycles. The molecule has 0 saturated heterocycles. The van der Waals surface area contributed by atoms with Crippen LogP contribution in [0.4, 0.5) is 0 Å². The molecule has 13 heteroatoms. The Kier molecular flexibility index (Phi) is 14.0. The van der Waals surface area contributed by atoms with Gasteiger partial charge in [-0.2, -0.15) is 0 Å². The van der Waals surface area contributed by atoms with E-state index in [1.54, 1.807) is 66.9 Å². The van der Waals surface area contributed by atoms with Crippen LogP contribution in [0.1, 0.15) is 16.7 Å². The maximum Gasteiger partial charge on any atom is 0.203 e. The Morgan fingerprint density at radius 1 is 0.692 bits per heavy atom. The highest BCUT2D eigenvalue weighted by atomic mass is 79.9. The molecule has 0 saturated carbocycles. The van der Waals surface area contributed by atoms with Gasteiger partial charge < -0.3 is 65.3 Å². The van der Waals surface area contributed by atoms with Crippen LogP contribution in [0, 0.1) is 0 Å². The number of hydrogen-bond acceptors (Lipinski definition) is 10. The topological polar surface area (TPSA) is 113 Å². The summed E-state index contributed by atoms with van der Waals surface area (Å²) in [5.41, 5.74) is 6.28. The normalized spacial score (nSPS) is 16.8. The molecule has 52 heavy (non-hydrogen) atoms. The number of nitrogens with one attached hydrogen (secondary N) is 1. The molecular weight excluding hydrogens is 800 g/mol. The lowest BCUT2D eigenvalue weighted by Gasteiger charge is -2.40. The van der Waals surface area contributed by atoms with Crippen LogP contribution >= 0.6 is 15.9 Å². The average molecular weight is 845 g/mol. The van der Waals surface area contributed by atoms with Gasteiger partial charge in [-0.25, -0.2) is 0 Å². The van der Waals surface area contributed by atoms with Crippen LogP contribution in [-0.4, -0.2) is 70.9 Å². The number of aromatic hydroxyl groups is 2. The first-order valence-corrected chi connectivity index (χ1v) is 17.2. The second-order valence-corrected chi connectivity index (χ2v) is 12.2. The zero-order valence-corrected chi connectivity index (χ0v) is 33.3. The minimum absolute atomic E-state index is 0. The predicted molar refractivity (Wildman–Crippen MR) is 196 cm³/mol. The fraction of sp³-hybridized carbons (Fsp3) is 0.282. The number of methoxy groups -OCH3 is 7. The molecule has 0 radical (unpaired) electrons. The zero-order chi connectivity index (χ0) is 36.7. The summed E-state index contributed by atoms with van der Waals surface area (Å²) in [6, 6.07) is 14.6. The van der Waals surface area contributed by atoms with Crippen LogP contribution in [0.25, 0.3) is 0 Å². The number of nitrogens with zero attached hydrogens (tertiary/aromatic N) is 1. The van der Waals surface area contributed by atoms with E-state index >= 15 is 0 Å². The van der Waals surface area contributed by atoms with E-state index in [0.29, 0.717) is 47.6 Å². The number of halogens is 2. The highest BCUT2D eigenvalue weighted by Crippen LogP contribution is 2.41. The summed E-state index contributed by atoms with van der Waals surface area (Å²) in [5.74, 6) is 4.47. The minimum atomic E-state index is -0.156. The van der Waals surface area contributed by atoms with Crippen molar-refractivity contribution >= 4 is 15.9 Å². The number of quaternary nitrogens is 1. The Morgan fingerprint density at radius 2 is 1.29 bits per heavy atom. The molecule has 0 spiro atoms. The highest BCUT2D eigenvalue weighted by molar-refractivity contribution is 9.08. The van der Waals surface area contributed by atoms with Crippen LogP contribution in [-0.2, 0) is 27.9 Å². The van der Waals surface area contributed by atoms with Gasteiger partial charge in [0.05, 0.1) is 61.7 Å². The van der Waals surface area contributed by atoms with Gasteiger partial charge in [-0.05, 0) is 71.3 Å². The molecule has 6 rings (SSSR count). The summed E-state index contributed by atoms with van der Waals surface area (Å²) in [4.78, 5) is 3.33. The quantitative estimate of drug-likeness (QED) is 0.236. The number of ether oxygens (including phenoxy) is 7. The molecule has 1 aliphatic carbocycles. The smallest absolute Gasteiger partial charge is 0.203 e. The van der Waals surface area contributed by atoms with Crippen molar-refractivity contribution in [2.24, 2.45) is 0 Å². The zero-order valence-electron chi connectivity index (χ0n) is 30.2. The molecule has 2 unspecified atom stereocenters. The molecule has 0 bridgehead atoms. The van der Waals surface area contributed by atoms with Gasteiger partial charge in [-0.1, -0.05) is 22.0 Å². The van der Waals surface area contributed by atoms with Crippen molar-refractivity contribution in [1.29, 1.82) is 0 Å². The average Bonchev–Trinajstić information content (AvgIpc) is 3.15. The third-order valence-electron chi connectivity index (χ3n) is 8.80. The first-order valence-electron chi connectivity index (χ1n) is 16.1. The van der Waals surface area contributed by atoms with Gasteiger partial charge in [0.2, 0.25) is 11.5 Å². The van der Waals surface area contributed by atoms with E-state index in [1.165, 1.54) is 7.11 Å². The lowest BCUT2D eigenvalue weighted by molar-refractivity contribution is -0.879. The fourth-order valence-corrected chi connectivity index (χ4v) is 6.74. The Morgan fingerprint density at radius 3 is 1.81 bits per heavy atom. The molecule has 278 valence electrons. The molecule has 2 atom stereocenters. The lowest BCUT2D eigenvalue weighted by atomic mass is 9.84. The molecule has 2 heterocycles. The largest absolute Gasteiger partial charge is 1.00 e. The lowest BCUT2D eigenvalue weighted by Crippen LogP contribution is -3.11. The van der Waals surface area contributed by atoms with Crippen molar-refractivity contribution in [1.82, 2.24) is 4.90 Å². The van der Waals surface area contributed by atoms with Crippen molar-refractivity contribution in [3.05, 3.63) is 124 Å². The van der Waals surface area contributed by atoms with Gasteiger partial charge in [0, 0.05) is 35.3 Å². The summed E-state index contributed by atoms with van der Waals surface area (Å²) in [5, 5.41) is 20.4. The molecule has 3 aromatic rings. The molecular formula is C39H44Br2N2O9. The molecule has 0 aromatic heterocycles. The van der Waals surface area contributed by atoms with Crippen molar-refractivity contribution in [3.63, 3.8) is 0 Å². The van der Waals surface area contributed by atoms with E-state index in [1.807, 2.05) is 30.3 Å². The monoisotopic (exact) mass is 842 g/mol. The van der Waals surface area contributed by atoms with Crippen LogP contribution in [0.2, 0.25) is 0 Å². The Balaban J connectivity index is 0.000000433.